The van der Waals surface area contributed by atoms with Gasteiger partial charge in [-0.3, -0.25) is 0 Å². The Hall–Kier alpha value is -4.21. The van der Waals surface area contributed by atoms with Gasteiger partial charge in [-0.2, -0.15) is 5.21 Å². The van der Waals surface area contributed by atoms with E-state index in [2.05, 4.69) is 20.6 Å². The number of rotatable bonds is 16. The number of nitrogens with one attached hydrogen (secondary N) is 1. The number of H-pyrrole nitrogens is 1. The van der Waals surface area contributed by atoms with Crippen molar-refractivity contribution in [2.45, 2.75) is 44.7 Å². The van der Waals surface area contributed by atoms with Crippen molar-refractivity contribution in [1.29, 1.82) is 0 Å². The first-order valence-electron chi connectivity index (χ1n) is 13.7. The van der Waals surface area contributed by atoms with Crippen molar-refractivity contribution in [3.63, 3.8) is 0 Å². The summed E-state index contributed by atoms with van der Waals surface area (Å²) in [6, 6.07) is 40.1. The van der Waals surface area contributed by atoms with Crippen molar-refractivity contribution in [3.8, 4) is 0 Å². The second kappa shape index (κ2) is 15.5. The summed E-state index contributed by atoms with van der Waals surface area (Å²) in [7, 11) is 0. The van der Waals surface area contributed by atoms with Crippen LogP contribution in [0.2, 0.25) is 0 Å². The van der Waals surface area contributed by atoms with Gasteiger partial charge in [0, 0.05) is 0 Å². The summed E-state index contributed by atoms with van der Waals surface area (Å²) in [5, 5.41) is 14.9. The molecule has 3 atom stereocenters. The number of hydrogen-bond acceptors (Lipinski definition) is 7. The summed E-state index contributed by atoms with van der Waals surface area (Å²) in [5.41, 5.74) is 4.17. The normalized spacial score (nSPS) is 13.5. The average molecular weight is 551 g/mol. The van der Waals surface area contributed by atoms with E-state index in [1.54, 1.807) is 0 Å². The van der Waals surface area contributed by atoms with Gasteiger partial charge in [0.1, 0.15) is 18.3 Å². The van der Waals surface area contributed by atoms with Crippen LogP contribution in [0.5, 0.6) is 0 Å². The van der Waals surface area contributed by atoms with Gasteiger partial charge >= 0.3 is 0 Å². The largest absolute Gasteiger partial charge is 0.374 e. The minimum Gasteiger partial charge on any atom is -0.374 e. The van der Waals surface area contributed by atoms with E-state index < -0.39 is 18.3 Å². The Balaban J connectivity index is 1.41. The fourth-order valence-electron chi connectivity index (χ4n) is 4.41. The lowest BCUT2D eigenvalue weighted by Gasteiger charge is -2.32. The molecule has 210 valence electrons. The molecule has 0 spiro atoms. The van der Waals surface area contributed by atoms with Gasteiger partial charge in [-0.05, 0) is 22.3 Å². The predicted molar refractivity (Wildman–Crippen MR) is 154 cm³/mol. The maximum absolute atomic E-state index is 6.60. The summed E-state index contributed by atoms with van der Waals surface area (Å²) in [4.78, 5) is 0. The zero-order chi connectivity index (χ0) is 28.0. The van der Waals surface area contributed by atoms with Gasteiger partial charge in [-0.25, -0.2) is 0 Å². The van der Waals surface area contributed by atoms with Gasteiger partial charge in [0.15, 0.2) is 0 Å². The summed E-state index contributed by atoms with van der Waals surface area (Å²) < 4.78 is 25.8. The molecule has 0 bridgehead atoms. The van der Waals surface area contributed by atoms with E-state index in [0.717, 1.165) is 22.3 Å². The first-order valence-corrected chi connectivity index (χ1v) is 13.7. The van der Waals surface area contributed by atoms with E-state index in [4.69, 9.17) is 18.9 Å². The topological polar surface area (TPSA) is 91.4 Å². The van der Waals surface area contributed by atoms with Crippen molar-refractivity contribution in [1.82, 2.24) is 20.6 Å². The fourth-order valence-corrected chi connectivity index (χ4v) is 4.41. The van der Waals surface area contributed by atoms with Gasteiger partial charge < -0.3 is 18.9 Å². The first kappa shape index (κ1) is 28.3. The summed E-state index contributed by atoms with van der Waals surface area (Å²) >= 11 is 0. The summed E-state index contributed by atoms with van der Waals surface area (Å²) in [6.45, 7) is 1.77. The molecule has 1 aromatic heterocycles. The molecule has 0 aliphatic rings. The lowest BCUT2D eigenvalue weighted by Crippen LogP contribution is -2.41. The Labute approximate surface area is 240 Å². The molecule has 0 saturated carbocycles. The molecule has 0 saturated heterocycles. The van der Waals surface area contributed by atoms with Crippen LogP contribution < -0.4 is 0 Å². The van der Waals surface area contributed by atoms with E-state index in [1.807, 2.05) is 121 Å². The van der Waals surface area contributed by atoms with Gasteiger partial charge in [0.05, 0.1) is 33.0 Å². The second-order valence-electron chi connectivity index (χ2n) is 9.58. The van der Waals surface area contributed by atoms with Crippen LogP contribution >= 0.6 is 0 Å². The molecule has 0 fully saturated rings. The lowest BCUT2D eigenvalue weighted by molar-refractivity contribution is -0.172. The number of tetrazole rings is 1. The van der Waals surface area contributed by atoms with Gasteiger partial charge in [0.2, 0.25) is 5.82 Å². The van der Waals surface area contributed by atoms with E-state index in [9.17, 15) is 0 Å². The molecule has 4 aromatic carbocycles. The van der Waals surface area contributed by atoms with Gasteiger partial charge in [-0.1, -0.05) is 127 Å². The molecule has 5 rings (SSSR count). The Kier molecular flexibility index (Phi) is 10.7. The minimum absolute atomic E-state index is 0.268. The predicted octanol–water partition coefficient (Wildman–Crippen LogP) is 5.85. The molecular formula is C33H34N4O4. The maximum Gasteiger partial charge on any atom is 0.206 e. The standard InChI is InChI=1S/C33H34N4O4/c1-5-13-26(14-6-1)21-38-25-30(39-22-27-15-7-2-8-16-27)31(40-23-28-17-9-3-10-18-28)32(33-34-36-37-35-33)41-24-29-19-11-4-12-20-29/h1-20,30-32H,21-25H2,(H,34,35,36,37)/t30-,31-,32-/m1/s1. The lowest BCUT2D eigenvalue weighted by atomic mass is 10.1. The minimum atomic E-state index is -0.682. The number of aromatic amines is 1. The Bertz CT molecular complexity index is 1370. The number of ether oxygens (including phenoxy) is 4. The van der Waals surface area contributed by atoms with Crippen LogP contribution in [0.3, 0.4) is 0 Å². The average Bonchev–Trinajstić information content (AvgIpc) is 3.58. The Morgan fingerprint density at radius 1 is 0.537 bits per heavy atom. The van der Waals surface area contributed by atoms with Crippen LogP contribution in [0.4, 0.5) is 0 Å². The monoisotopic (exact) mass is 550 g/mol. The molecule has 41 heavy (non-hydrogen) atoms. The highest BCUT2D eigenvalue weighted by atomic mass is 16.6. The van der Waals surface area contributed by atoms with Crippen molar-refractivity contribution >= 4 is 0 Å². The molecular weight excluding hydrogens is 516 g/mol. The molecule has 0 amide bonds. The molecule has 1 heterocycles. The van der Waals surface area contributed by atoms with Crippen LogP contribution in [0.25, 0.3) is 0 Å². The van der Waals surface area contributed by atoms with Crippen LogP contribution in [0.15, 0.2) is 121 Å². The molecule has 0 aliphatic carbocycles. The molecule has 1 N–H and O–H groups in total. The third-order valence-electron chi connectivity index (χ3n) is 6.54. The van der Waals surface area contributed by atoms with Gasteiger partial charge in [-0.15, -0.1) is 10.2 Å². The molecule has 8 heteroatoms. The number of nitrogens with zero attached hydrogens (tertiary/aromatic N) is 3. The van der Waals surface area contributed by atoms with Gasteiger partial charge in [0.25, 0.3) is 0 Å². The Morgan fingerprint density at radius 3 is 1.49 bits per heavy atom. The molecule has 5 aromatic rings. The van der Waals surface area contributed by atoms with Crippen LogP contribution in [0, 0.1) is 0 Å². The zero-order valence-electron chi connectivity index (χ0n) is 22.8. The van der Waals surface area contributed by atoms with Crippen molar-refractivity contribution in [2.24, 2.45) is 0 Å². The van der Waals surface area contributed by atoms with Crippen LogP contribution in [-0.4, -0.2) is 39.4 Å². The number of hydrogen-bond donors (Lipinski definition) is 1. The summed E-state index contributed by atoms with van der Waals surface area (Å²) in [6.07, 6.45) is -1.81. The second-order valence-corrected chi connectivity index (χ2v) is 9.58. The molecule has 8 nitrogen and oxygen atoms in total. The maximum atomic E-state index is 6.60. The zero-order valence-corrected chi connectivity index (χ0v) is 22.8. The summed E-state index contributed by atoms with van der Waals surface area (Å²) in [5.74, 6) is 0.385. The third-order valence-corrected chi connectivity index (χ3v) is 6.54. The molecule has 0 radical (unpaired) electrons. The highest BCUT2D eigenvalue weighted by Gasteiger charge is 2.36. The van der Waals surface area contributed by atoms with Crippen molar-refractivity contribution < 1.29 is 18.9 Å². The number of benzene rings is 4. The van der Waals surface area contributed by atoms with E-state index >= 15 is 0 Å². The van der Waals surface area contributed by atoms with Crippen LogP contribution in [-0.2, 0) is 45.4 Å². The highest BCUT2D eigenvalue weighted by molar-refractivity contribution is 5.16. The first-order chi connectivity index (χ1) is 20.3. The quantitative estimate of drug-likeness (QED) is 0.165. The van der Waals surface area contributed by atoms with E-state index in [1.165, 1.54) is 0 Å². The third kappa shape index (κ3) is 8.89. The highest BCUT2D eigenvalue weighted by Crippen LogP contribution is 2.28. The fraction of sp³-hybridized carbons (Fsp3) is 0.242. The molecule has 0 unspecified atom stereocenters. The van der Waals surface area contributed by atoms with Crippen molar-refractivity contribution in [2.75, 3.05) is 6.61 Å². The van der Waals surface area contributed by atoms with E-state index in [-0.39, 0.29) is 6.61 Å². The SMILES string of the molecule is c1ccc(COC[C@@H](OCc2ccccc2)[C@@H](OCc2ccccc2)[C@@H](OCc2ccccc2)c2nn[nH]n2)cc1. The smallest absolute Gasteiger partial charge is 0.206 e. The van der Waals surface area contributed by atoms with Crippen molar-refractivity contribution in [3.05, 3.63) is 149 Å². The van der Waals surface area contributed by atoms with Crippen LogP contribution in [0.1, 0.15) is 34.2 Å². The number of aromatic nitrogens is 4. The van der Waals surface area contributed by atoms with E-state index in [0.29, 0.717) is 32.3 Å². The Morgan fingerprint density at radius 2 is 1.00 bits per heavy atom. The molecule has 0 aliphatic heterocycles.